The Bertz CT molecular complexity index is 70.9. The monoisotopic (exact) mass is 110 g/mol. The smallest absolute Gasteiger partial charge is 0.214 e. The van der Waals surface area contributed by atoms with Gasteiger partial charge in [0.15, 0.2) is 0 Å². The molecule has 0 aromatic rings. The summed E-state index contributed by atoms with van der Waals surface area (Å²) in [6.07, 6.45) is 4.42. The third kappa shape index (κ3) is 5.49. The maximum absolute atomic E-state index is 6.45. The van der Waals surface area contributed by atoms with E-state index in [1.54, 1.807) is 0 Å². The average molecular weight is 110 g/mol. The first kappa shape index (κ1) is 7.49. The van der Waals surface area contributed by atoms with Gasteiger partial charge in [0.1, 0.15) is 0 Å². The highest BCUT2D eigenvalue weighted by atomic mass is 14.6. The van der Waals surface area contributed by atoms with E-state index in [2.05, 4.69) is 11.8 Å². The van der Waals surface area contributed by atoms with Crippen molar-refractivity contribution in [3.05, 3.63) is 18.3 Å². The first-order chi connectivity index (χ1) is 3.91. The maximum Gasteiger partial charge on any atom is 0.214 e. The van der Waals surface area contributed by atoms with Crippen LogP contribution in [0.2, 0.25) is 0 Å². The summed E-state index contributed by atoms with van der Waals surface area (Å²) in [5, 5.41) is 0. The molecule has 0 fully saturated rings. The van der Waals surface area contributed by atoms with Crippen molar-refractivity contribution < 1.29 is 0 Å². The van der Waals surface area contributed by atoms with Gasteiger partial charge in [-0.1, -0.05) is 19.8 Å². The van der Waals surface area contributed by atoms with Gasteiger partial charge in [0.2, 0.25) is 6.54 Å². The molecule has 1 heteroatoms. The van der Waals surface area contributed by atoms with Crippen LogP contribution in [-0.4, -0.2) is 6.54 Å². The maximum atomic E-state index is 6.45. The minimum absolute atomic E-state index is 0.694. The van der Waals surface area contributed by atoms with Gasteiger partial charge in [0.25, 0.3) is 0 Å². The fourth-order valence-corrected chi connectivity index (χ4v) is 0.544. The molecule has 0 heterocycles. The van der Waals surface area contributed by atoms with E-state index in [-0.39, 0.29) is 0 Å². The van der Waals surface area contributed by atoms with Crippen LogP contribution in [0.4, 0.5) is 0 Å². The lowest BCUT2D eigenvalue weighted by Crippen LogP contribution is -1.77. The third-order valence-electron chi connectivity index (χ3n) is 1.02. The predicted molar refractivity (Wildman–Crippen MR) is 35.3 cm³/mol. The molecule has 0 atom stereocenters. The van der Waals surface area contributed by atoms with Crippen molar-refractivity contribution in [3.8, 4) is 0 Å². The standard InChI is InChI=1S/C7H12N/c1-3-4-5-6-7-8-2/h1,3-7H2. The van der Waals surface area contributed by atoms with Crippen molar-refractivity contribution in [1.82, 2.24) is 0 Å². The minimum atomic E-state index is 0.694. The van der Waals surface area contributed by atoms with Gasteiger partial charge in [0.05, 0.1) is 0 Å². The highest BCUT2D eigenvalue weighted by Gasteiger charge is 1.85. The number of unbranched alkanes of at least 4 members (excludes halogenated alkanes) is 3. The molecule has 0 aromatic carbocycles. The van der Waals surface area contributed by atoms with Gasteiger partial charge in [-0.25, -0.2) is 6.57 Å². The summed E-state index contributed by atoms with van der Waals surface area (Å²) in [7, 11) is 0. The topological polar surface area (TPSA) is 4.36 Å². The Labute approximate surface area is 51.5 Å². The molecule has 1 radical (unpaired) electrons. The van der Waals surface area contributed by atoms with Crippen LogP contribution >= 0.6 is 0 Å². The summed E-state index contributed by atoms with van der Waals surface area (Å²) in [5.74, 6) is 0. The zero-order valence-electron chi connectivity index (χ0n) is 5.19. The lowest BCUT2D eigenvalue weighted by Gasteiger charge is -1.87. The van der Waals surface area contributed by atoms with Gasteiger partial charge in [-0.2, -0.15) is 0 Å². The summed E-state index contributed by atoms with van der Waals surface area (Å²) in [5.41, 5.74) is 0. The molecule has 1 nitrogen and oxygen atoms in total. The van der Waals surface area contributed by atoms with E-state index in [9.17, 15) is 0 Å². The summed E-state index contributed by atoms with van der Waals surface area (Å²) in [6.45, 7) is 10.8. The second-order valence-electron chi connectivity index (χ2n) is 1.80. The highest BCUT2D eigenvalue weighted by molar-refractivity contribution is 4.57. The molecular formula is C7H12N. The normalized spacial score (nSPS) is 8.50. The Morgan fingerprint density at radius 1 is 1.25 bits per heavy atom. The van der Waals surface area contributed by atoms with Crippen molar-refractivity contribution in [1.29, 1.82) is 0 Å². The first-order valence-corrected chi connectivity index (χ1v) is 3.04. The van der Waals surface area contributed by atoms with E-state index in [1.165, 1.54) is 12.8 Å². The molecule has 0 saturated heterocycles. The minimum Gasteiger partial charge on any atom is -0.317 e. The quantitative estimate of drug-likeness (QED) is 0.386. The van der Waals surface area contributed by atoms with Crippen LogP contribution in [0.5, 0.6) is 0 Å². The Morgan fingerprint density at radius 2 is 2.00 bits per heavy atom. The van der Waals surface area contributed by atoms with Crippen LogP contribution in [0.15, 0.2) is 0 Å². The van der Waals surface area contributed by atoms with Gasteiger partial charge in [0, 0.05) is 6.42 Å². The lowest BCUT2D eigenvalue weighted by molar-refractivity contribution is 0.717. The van der Waals surface area contributed by atoms with Gasteiger partial charge < -0.3 is 4.85 Å². The van der Waals surface area contributed by atoms with Crippen LogP contribution in [0.25, 0.3) is 4.85 Å². The second-order valence-corrected chi connectivity index (χ2v) is 1.80. The fourth-order valence-electron chi connectivity index (χ4n) is 0.544. The third-order valence-corrected chi connectivity index (χ3v) is 1.02. The largest absolute Gasteiger partial charge is 0.317 e. The van der Waals surface area contributed by atoms with Crippen molar-refractivity contribution in [2.75, 3.05) is 6.54 Å². The SMILES string of the molecule is [C-]#[N+]CCCCC[CH2]. The van der Waals surface area contributed by atoms with Crippen LogP contribution in [-0.2, 0) is 0 Å². The summed E-state index contributed by atoms with van der Waals surface area (Å²) >= 11 is 0. The molecule has 8 heavy (non-hydrogen) atoms. The van der Waals surface area contributed by atoms with Gasteiger partial charge in [-0.15, -0.1) is 0 Å². The zero-order valence-corrected chi connectivity index (χ0v) is 5.19. The molecule has 0 aromatic heterocycles. The van der Waals surface area contributed by atoms with E-state index < -0.39 is 0 Å². The molecule has 0 saturated carbocycles. The van der Waals surface area contributed by atoms with Gasteiger partial charge in [-0.3, -0.25) is 0 Å². The Kier molecular flexibility index (Phi) is 6.08. The molecule has 0 rings (SSSR count). The fraction of sp³-hybridized carbons (Fsp3) is 0.714. The molecule has 0 spiro atoms. The molecule has 0 unspecified atom stereocenters. The van der Waals surface area contributed by atoms with Crippen LogP contribution in [0, 0.1) is 13.5 Å². The van der Waals surface area contributed by atoms with Crippen molar-refractivity contribution in [2.24, 2.45) is 0 Å². The van der Waals surface area contributed by atoms with E-state index in [1.807, 2.05) is 0 Å². The molecule has 0 amide bonds. The second kappa shape index (κ2) is 6.49. The van der Waals surface area contributed by atoms with Gasteiger partial charge in [-0.05, 0) is 6.42 Å². The van der Waals surface area contributed by atoms with E-state index in [0.29, 0.717) is 6.54 Å². The molecule has 0 N–H and O–H groups in total. The lowest BCUT2D eigenvalue weighted by atomic mass is 10.2. The summed E-state index contributed by atoms with van der Waals surface area (Å²) in [6, 6.07) is 0. The summed E-state index contributed by atoms with van der Waals surface area (Å²) < 4.78 is 0. The van der Waals surface area contributed by atoms with E-state index in [4.69, 9.17) is 6.57 Å². The van der Waals surface area contributed by atoms with E-state index >= 15 is 0 Å². The predicted octanol–water partition coefficient (Wildman–Crippen LogP) is 2.30. The average Bonchev–Trinajstić information content (AvgIpc) is 1.81. The van der Waals surface area contributed by atoms with E-state index in [0.717, 1.165) is 12.8 Å². The van der Waals surface area contributed by atoms with Crippen LogP contribution < -0.4 is 0 Å². The first-order valence-electron chi connectivity index (χ1n) is 3.04. The molecule has 0 aliphatic heterocycles. The Balaban J connectivity index is 2.65. The highest BCUT2D eigenvalue weighted by Crippen LogP contribution is 1.97. The summed E-state index contributed by atoms with van der Waals surface area (Å²) in [4.78, 5) is 3.24. The Hall–Kier alpha value is -0.510. The van der Waals surface area contributed by atoms with Crippen LogP contribution in [0.1, 0.15) is 25.7 Å². The molecule has 0 bridgehead atoms. The molecule has 0 aliphatic rings. The van der Waals surface area contributed by atoms with Gasteiger partial charge >= 0.3 is 0 Å². The number of rotatable bonds is 4. The molecular weight excluding hydrogens is 98.1 g/mol. The van der Waals surface area contributed by atoms with Crippen LogP contribution in [0.3, 0.4) is 0 Å². The number of hydrogen-bond acceptors (Lipinski definition) is 0. The Morgan fingerprint density at radius 3 is 2.50 bits per heavy atom. The molecule has 0 aliphatic carbocycles. The van der Waals surface area contributed by atoms with Crippen molar-refractivity contribution in [2.45, 2.75) is 25.7 Å². The number of nitrogens with zero attached hydrogens (tertiary/aromatic N) is 1. The molecule has 45 valence electrons. The zero-order chi connectivity index (χ0) is 6.24. The number of hydrogen-bond donors (Lipinski definition) is 0. The van der Waals surface area contributed by atoms with Crippen molar-refractivity contribution >= 4 is 0 Å². The van der Waals surface area contributed by atoms with Crippen molar-refractivity contribution in [3.63, 3.8) is 0 Å².